The molecule has 180 valence electrons. The van der Waals surface area contributed by atoms with Crippen molar-refractivity contribution in [3.63, 3.8) is 0 Å². The van der Waals surface area contributed by atoms with E-state index in [0.29, 0.717) is 11.8 Å². The fourth-order valence-corrected chi connectivity index (χ4v) is 5.13. The van der Waals surface area contributed by atoms with Crippen LogP contribution in [0.25, 0.3) is 11.3 Å². The van der Waals surface area contributed by atoms with Gasteiger partial charge in [0.15, 0.2) is 11.6 Å². The Morgan fingerprint density at radius 2 is 1.31 bits per heavy atom. The van der Waals surface area contributed by atoms with Crippen molar-refractivity contribution in [3.05, 3.63) is 60.3 Å². The summed E-state index contributed by atoms with van der Waals surface area (Å²) in [5.41, 5.74) is 3.06. The van der Waals surface area contributed by atoms with E-state index < -0.39 is 0 Å². The number of hydrogen-bond acceptors (Lipinski definition) is 7. The summed E-state index contributed by atoms with van der Waals surface area (Å²) in [5, 5.41) is 17.7. The van der Waals surface area contributed by atoms with Gasteiger partial charge < -0.3 is 14.7 Å². The maximum absolute atomic E-state index is 13.2. The van der Waals surface area contributed by atoms with E-state index in [1.54, 1.807) is 0 Å². The van der Waals surface area contributed by atoms with Crippen LogP contribution in [0.3, 0.4) is 0 Å². The minimum Gasteiger partial charge on any atom is -0.355 e. The molecule has 1 saturated carbocycles. The molecule has 3 aliphatic rings. The van der Waals surface area contributed by atoms with Gasteiger partial charge in [-0.25, -0.2) is 0 Å². The Balaban J connectivity index is 0.991. The Labute approximate surface area is 206 Å². The van der Waals surface area contributed by atoms with Gasteiger partial charge in [-0.2, -0.15) is 5.10 Å². The summed E-state index contributed by atoms with van der Waals surface area (Å²) in [6.07, 6.45) is 4.19. The highest BCUT2D eigenvalue weighted by Gasteiger charge is 2.31. The highest BCUT2D eigenvalue weighted by molar-refractivity contribution is 5.79. The highest BCUT2D eigenvalue weighted by atomic mass is 16.2. The molecule has 3 fully saturated rings. The van der Waals surface area contributed by atoms with Crippen molar-refractivity contribution < 1.29 is 4.79 Å². The van der Waals surface area contributed by atoms with E-state index >= 15 is 0 Å². The minimum absolute atomic E-state index is 0.0898. The third kappa shape index (κ3) is 4.83. The number of hydrogen-bond donors (Lipinski definition) is 0. The molecular weight excluding hydrogens is 438 g/mol. The molecule has 4 heterocycles. The normalized spacial score (nSPS) is 19.1. The molecule has 1 aliphatic carbocycles. The second-order valence-electron chi connectivity index (χ2n) is 9.81. The summed E-state index contributed by atoms with van der Waals surface area (Å²) in [6, 6.07) is 18.4. The standard InChI is InChI=1S/C27H31N7O/c35-27(34-18-16-33(17-19-34)26-11-9-24(29-31-26)21-6-7-21)22-12-14-32(15-13-22)25-10-8-23(28-30-25)20-4-2-1-3-5-20/h1-5,8-11,21-22H,6-7,12-19H2. The van der Waals surface area contributed by atoms with Crippen LogP contribution < -0.4 is 9.80 Å². The molecule has 2 aromatic heterocycles. The first-order chi connectivity index (χ1) is 17.2. The van der Waals surface area contributed by atoms with Gasteiger partial charge in [0.05, 0.1) is 11.4 Å². The lowest BCUT2D eigenvalue weighted by Gasteiger charge is -2.39. The fourth-order valence-electron chi connectivity index (χ4n) is 5.13. The number of anilines is 2. The summed E-state index contributed by atoms with van der Waals surface area (Å²) >= 11 is 0. The number of carbonyl (C=O) groups is 1. The van der Waals surface area contributed by atoms with Crippen molar-refractivity contribution in [2.24, 2.45) is 5.92 Å². The van der Waals surface area contributed by atoms with Crippen LogP contribution in [0, 0.1) is 5.92 Å². The maximum atomic E-state index is 13.2. The van der Waals surface area contributed by atoms with Crippen molar-refractivity contribution in [1.29, 1.82) is 0 Å². The third-order valence-electron chi connectivity index (χ3n) is 7.47. The Morgan fingerprint density at radius 3 is 1.91 bits per heavy atom. The molecule has 3 aromatic rings. The quantitative estimate of drug-likeness (QED) is 0.567. The van der Waals surface area contributed by atoms with Crippen LogP contribution in [0.2, 0.25) is 0 Å². The van der Waals surface area contributed by atoms with Crippen molar-refractivity contribution in [1.82, 2.24) is 25.3 Å². The third-order valence-corrected chi connectivity index (χ3v) is 7.47. The van der Waals surface area contributed by atoms with E-state index in [4.69, 9.17) is 0 Å². The SMILES string of the molecule is O=C(C1CCN(c2ccc(-c3ccccc3)nn2)CC1)N1CCN(c2ccc(C3CC3)nn2)CC1. The Morgan fingerprint density at radius 1 is 0.657 bits per heavy atom. The largest absolute Gasteiger partial charge is 0.355 e. The van der Waals surface area contributed by atoms with Crippen LogP contribution in [-0.2, 0) is 4.79 Å². The van der Waals surface area contributed by atoms with E-state index in [-0.39, 0.29) is 5.92 Å². The van der Waals surface area contributed by atoms with Gasteiger partial charge in [0, 0.05) is 56.7 Å². The van der Waals surface area contributed by atoms with Crippen LogP contribution in [0.15, 0.2) is 54.6 Å². The number of rotatable bonds is 5. The van der Waals surface area contributed by atoms with E-state index in [1.165, 1.54) is 12.8 Å². The van der Waals surface area contributed by atoms with E-state index in [9.17, 15) is 4.79 Å². The zero-order valence-electron chi connectivity index (χ0n) is 20.0. The first kappa shape index (κ1) is 21.9. The number of piperidine rings is 1. The van der Waals surface area contributed by atoms with Gasteiger partial charge in [-0.1, -0.05) is 30.3 Å². The molecule has 0 unspecified atom stereocenters. The number of amides is 1. The Hall–Kier alpha value is -3.55. The number of aromatic nitrogens is 4. The lowest BCUT2D eigenvalue weighted by atomic mass is 9.95. The fraction of sp³-hybridized carbons (Fsp3) is 0.444. The number of piperazine rings is 1. The molecule has 0 spiro atoms. The van der Waals surface area contributed by atoms with Gasteiger partial charge in [-0.15, -0.1) is 15.3 Å². The Kier molecular flexibility index (Phi) is 6.02. The van der Waals surface area contributed by atoms with E-state index in [0.717, 1.165) is 80.7 Å². The molecular formula is C27H31N7O. The smallest absolute Gasteiger partial charge is 0.225 e. The second-order valence-corrected chi connectivity index (χ2v) is 9.81. The van der Waals surface area contributed by atoms with Crippen LogP contribution in [0.5, 0.6) is 0 Å². The zero-order valence-corrected chi connectivity index (χ0v) is 20.0. The minimum atomic E-state index is 0.0898. The Bertz CT molecular complexity index is 1130. The highest BCUT2D eigenvalue weighted by Crippen LogP contribution is 2.38. The molecule has 8 heteroatoms. The van der Waals surface area contributed by atoms with Crippen LogP contribution in [0.4, 0.5) is 11.6 Å². The summed E-state index contributed by atoms with van der Waals surface area (Å²) in [7, 11) is 0. The van der Waals surface area contributed by atoms with Crippen molar-refractivity contribution in [3.8, 4) is 11.3 Å². The lowest BCUT2D eigenvalue weighted by Crippen LogP contribution is -2.52. The molecule has 35 heavy (non-hydrogen) atoms. The van der Waals surface area contributed by atoms with Gasteiger partial charge in [-0.3, -0.25) is 4.79 Å². The summed E-state index contributed by atoms with van der Waals surface area (Å²) in [6.45, 7) is 4.78. The number of carbonyl (C=O) groups excluding carboxylic acids is 1. The molecule has 2 aliphatic heterocycles. The lowest BCUT2D eigenvalue weighted by molar-refractivity contribution is -0.136. The topological polar surface area (TPSA) is 78.4 Å². The molecule has 8 nitrogen and oxygen atoms in total. The monoisotopic (exact) mass is 469 g/mol. The van der Waals surface area contributed by atoms with Crippen molar-refractivity contribution >= 4 is 17.5 Å². The molecule has 0 bridgehead atoms. The average molecular weight is 470 g/mol. The average Bonchev–Trinajstić information content (AvgIpc) is 3.79. The molecule has 0 radical (unpaired) electrons. The first-order valence-corrected chi connectivity index (χ1v) is 12.8. The van der Waals surface area contributed by atoms with Gasteiger partial charge in [0.2, 0.25) is 5.91 Å². The van der Waals surface area contributed by atoms with Gasteiger partial charge in [0.25, 0.3) is 0 Å². The van der Waals surface area contributed by atoms with E-state index in [1.807, 2.05) is 47.4 Å². The predicted molar refractivity (Wildman–Crippen MR) is 135 cm³/mol. The van der Waals surface area contributed by atoms with Crippen LogP contribution >= 0.6 is 0 Å². The molecule has 2 saturated heterocycles. The molecule has 1 aromatic carbocycles. The summed E-state index contributed by atoms with van der Waals surface area (Å²) < 4.78 is 0. The maximum Gasteiger partial charge on any atom is 0.225 e. The molecule has 1 amide bonds. The van der Waals surface area contributed by atoms with Crippen LogP contribution in [-0.4, -0.2) is 70.5 Å². The van der Waals surface area contributed by atoms with Gasteiger partial charge in [0.1, 0.15) is 0 Å². The number of nitrogens with zero attached hydrogens (tertiary/aromatic N) is 7. The van der Waals surface area contributed by atoms with Gasteiger partial charge >= 0.3 is 0 Å². The molecule has 0 N–H and O–H groups in total. The van der Waals surface area contributed by atoms with Gasteiger partial charge in [-0.05, 0) is 49.9 Å². The molecule has 0 atom stereocenters. The zero-order chi connectivity index (χ0) is 23.6. The van der Waals surface area contributed by atoms with E-state index in [2.05, 4.69) is 42.3 Å². The number of benzene rings is 1. The van der Waals surface area contributed by atoms with Crippen LogP contribution in [0.1, 0.15) is 37.3 Å². The first-order valence-electron chi connectivity index (χ1n) is 12.8. The van der Waals surface area contributed by atoms with Crippen molar-refractivity contribution in [2.75, 3.05) is 49.1 Å². The second kappa shape index (κ2) is 9.60. The summed E-state index contributed by atoms with van der Waals surface area (Å²) in [5.74, 6) is 2.82. The van der Waals surface area contributed by atoms with Crippen molar-refractivity contribution in [2.45, 2.75) is 31.6 Å². The predicted octanol–water partition coefficient (Wildman–Crippen LogP) is 3.38. The molecule has 6 rings (SSSR count). The summed E-state index contributed by atoms with van der Waals surface area (Å²) in [4.78, 5) is 19.7.